The fourth-order valence-electron chi connectivity index (χ4n) is 1.66. The van der Waals surface area contributed by atoms with E-state index in [-0.39, 0.29) is 12.6 Å². The maximum atomic E-state index is 12.4. The summed E-state index contributed by atoms with van der Waals surface area (Å²) in [5.74, 6) is 0.693. The van der Waals surface area contributed by atoms with Crippen LogP contribution >= 0.6 is 30.9 Å². The molecule has 0 aliphatic carbocycles. The summed E-state index contributed by atoms with van der Waals surface area (Å²) in [6, 6.07) is -0.166. The zero-order valence-electron chi connectivity index (χ0n) is 8.94. The van der Waals surface area contributed by atoms with Crippen LogP contribution in [0.3, 0.4) is 0 Å². The standard InChI is InChI=1S/C8H17Cl2N2O3P/c9-2-4-11-16(14)12(5-3-10)8(7-13)1-6-15-16/h8,13H,1-7H2,(H,11,14). The molecule has 0 radical (unpaired) electrons. The third-order valence-electron chi connectivity index (χ3n) is 2.41. The molecular weight excluding hydrogens is 274 g/mol. The smallest absolute Gasteiger partial charge is 0.343 e. The summed E-state index contributed by atoms with van der Waals surface area (Å²) in [7, 11) is -3.07. The lowest BCUT2D eigenvalue weighted by Crippen LogP contribution is -2.45. The van der Waals surface area contributed by atoms with Crippen LogP contribution in [0.4, 0.5) is 0 Å². The lowest BCUT2D eigenvalue weighted by atomic mass is 10.2. The number of alkyl halides is 2. The Morgan fingerprint density at radius 3 is 2.81 bits per heavy atom. The molecule has 0 aromatic heterocycles. The van der Waals surface area contributed by atoms with Crippen molar-refractivity contribution < 1.29 is 14.2 Å². The zero-order valence-corrected chi connectivity index (χ0v) is 11.3. The van der Waals surface area contributed by atoms with Crippen LogP contribution in [0.1, 0.15) is 6.42 Å². The zero-order chi connectivity index (χ0) is 12.0. The van der Waals surface area contributed by atoms with Crippen molar-refractivity contribution in [3.8, 4) is 0 Å². The normalized spacial score (nSPS) is 31.8. The number of hydrogen-bond donors (Lipinski definition) is 2. The van der Waals surface area contributed by atoms with Gasteiger partial charge < -0.3 is 9.63 Å². The molecule has 2 atom stereocenters. The molecule has 16 heavy (non-hydrogen) atoms. The van der Waals surface area contributed by atoms with E-state index in [1.807, 2.05) is 0 Å². The van der Waals surface area contributed by atoms with Crippen molar-refractivity contribution in [3.05, 3.63) is 0 Å². The second kappa shape index (κ2) is 7.17. The Morgan fingerprint density at radius 2 is 2.25 bits per heavy atom. The largest absolute Gasteiger partial charge is 0.395 e. The highest BCUT2D eigenvalue weighted by molar-refractivity contribution is 7.54. The maximum Gasteiger partial charge on any atom is 0.343 e. The van der Waals surface area contributed by atoms with Crippen molar-refractivity contribution in [1.82, 2.24) is 9.76 Å². The summed E-state index contributed by atoms with van der Waals surface area (Å²) in [6.45, 7) is 1.14. The van der Waals surface area contributed by atoms with Gasteiger partial charge in [0.25, 0.3) is 0 Å². The number of rotatable bonds is 6. The fourth-order valence-corrected chi connectivity index (χ4v) is 4.33. The molecule has 0 spiro atoms. The molecule has 0 saturated carbocycles. The average Bonchev–Trinajstić information content (AvgIpc) is 2.30. The minimum Gasteiger partial charge on any atom is -0.395 e. The first-order valence-electron chi connectivity index (χ1n) is 5.17. The van der Waals surface area contributed by atoms with Crippen LogP contribution in [0.5, 0.6) is 0 Å². The van der Waals surface area contributed by atoms with Crippen LogP contribution in [0, 0.1) is 0 Å². The molecule has 1 rings (SSSR count). The van der Waals surface area contributed by atoms with E-state index >= 15 is 0 Å². The lowest BCUT2D eigenvalue weighted by molar-refractivity contribution is 0.109. The summed E-state index contributed by atoms with van der Waals surface area (Å²) in [5, 5.41) is 12.0. The summed E-state index contributed by atoms with van der Waals surface area (Å²) in [5.41, 5.74) is 0. The van der Waals surface area contributed by atoms with Crippen molar-refractivity contribution in [2.45, 2.75) is 12.5 Å². The monoisotopic (exact) mass is 290 g/mol. The van der Waals surface area contributed by atoms with Crippen molar-refractivity contribution in [2.75, 3.05) is 38.1 Å². The van der Waals surface area contributed by atoms with Gasteiger partial charge in [-0.25, -0.2) is 9.76 Å². The van der Waals surface area contributed by atoms with Gasteiger partial charge in [0, 0.05) is 30.9 Å². The second-order valence-corrected chi connectivity index (χ2v) is 6.31. The number of nitrogens with one attached hydrogen (secondary N) is 1. The van der Waals surface area contributed by atoms with Crippen LogP contribution in [-0.4, -0.2) is 53.9 Å². The lowest BCUT2D eigenvalue weighted by Gasteiger charge is -2.39. The van der Waals surface area contributed by atoms with Gasteiger partial charge >= 0.3 is 7.67 Å². The molecular formula is C8H17Cl2N2O3P. The number of hydrogen-bond acceptors (Lipinski definition) is 3. The van der Waals surface area contributed by atoms with E-state index < -0.39 is 7.67 Å². The molecule has 1 fully saturated rings. The number of halogens is 2. The Bertz CT molecular complexity index is 257. The van der Waals surface area contributed by atoms with Gasteiger partial charge in [0.15, 0.2) is 0 Å². The van der Waals surface area contributed by atoms with E-state index in [0.717, 1.165) is 0 Å². The van der Waals surface area contributed by atoms with Crippen molar-refractivity contribution >= 4 is 30.9 Å². The molecule has 1 aliphatic rings. The summed E-state index contributed by atoms with van der Waals surface area (Å²) in [4.78, 5) is 0. The predicted molar refractivity (Wildman–Crippen MR) is 65.2 cm³/mol. The molecule has 1 aliphatic heterocycles. The third-order valence-corrected chi connectivity index (χ3v) is 5.12. The van der Waals surface area contributed by atoms with E-state index in [0.29, 0.717) is 37.9 Å². The van der Waals surface area contributed by atoms with Crippen LogP contribution in [0.2, 0.25) is 0 Å². The third kappa shape index (κ3) is 3.57. The first-order valence-corrected chi connectivity index (χ1v) is 7.82. The molecule has 5 nitrogen and oxygen atoms in total. The Labute approximate surface area is 106 Å². The summed E-state index contributed by atoms with van der Waals surface area (Å²) in [6.07, 6.45) is 0.653. The Morgan fingerprint density at radius 1 is 1.50 bits per heavy atom. The summed E-state index contributed by atoms with van der Waals surface area (Å²) >= 11 is 11.2. The van der Waals surface area contributed by atoms with Gasteiger partial charge in [-0.2, -0.15) is 0 Å². The van der Waals surface area contributed by atoms with Crippen molar-refractivity contribution in [2.24, 2.45) is 0 Å². The van der Waals surface area contributed by atoms with E-state index in [1.165, 1.54) is 0 Å². The first-order chi connectivity index (χ1) is 7.68. The molecule has 0 aromatic carbocycles. The molecule has 8 heteroatoms. The van der Waals surface area contributed by atoms with E-state index in [2.05, 4.69) is 5.09 Å². The topological polar surface area (TPSA) is 61.8 Å². The molecule has 0 amide bonds. The fraction of sp³-hybridized carbons (Fsp3) is 1.00. The molecule has 1 saturated heterocycles. The number of aliphatic hydroxyl groups excluding tert-OH is 1. The minimum absolute atomic E-state index is 0.0488. The van der Waals surface area contributed by atoms with Gasteiger partial charge in [0.05, 0.1) is 13.2 Å². The van der Waals surface area contributed by atoms with Crippen LogP contribution in [0.15, 0.2) is 0 Å². The van der Waals surface area contributed by atoms with E-state index in [4.69, 9.17) is 27.7 Å². The van der Waals surface area contributed by atoms with E-state index in [1.54, 1.807) is 4.67 Å². The molecule has 1 heterocycles. The predicted octanol–water partition coefficient (Wildman–Crippen LogP) is 1.24. The maximum absolute atomic E-state index is 12.4. The van der Waals surface area contributed by atoms with Gasteiger partial charge in [0.2, 0.25) is 0 Å². The average molecular weight is 291 g/mol. The van der Waals surface area contributed by atoms with Crippen molar-refractivity contribution in [3.63, 3.8) is 0 Å². The highest BCUT2D eigenvalue weighted by Gasteiger charge is 2.39. The van der Waals surface area contributed by atoms with Gasteiger partial charge in [-0.3, -0.25) is 4.57 Å². The Hall–Kier alpha value is 0.650. The van der Waals surface area contributed by atoms with Gasteiger partial charge in [-0.1, -0.05) is 0 Å². The highest BCUT2D eigenvalue weighted by Crippen LogP contribution is 2.51. The highest BCUT2D eigenvalue weighted by atomic mass is 35.5. The van der Waals surface area contributed by atoms with Crippen LogP contribution in [-0.2, 0) is 9.09 Å². The van der Waals surface area contributed by atoms with Gasteiger partial charge in [0.1, 0.15) is 0 Å². The van der Waals surface area contributed by atoms with Crippen molar-refractivity contribution in [1.29, 1.82) is 0 Å². The SMILES string of the molecule is O=P1(NCCCl)OCCC(CO)N1CCCl. The molecule has 96 valence electrons. The first kappa shape index (κ1) is 14.7. The van der Waals surface area contributed by atoms with Gasteiger partial charge in [-0.05, 0) is 6.42 Å². The molecule has 0 bridgehead atoms. The quantitative estimate of drug-likeness (QED) is 0.569. The second-order valence-electron chi connectivity index (χ2n) is 3.43. The van der Waals surface area contributed by atoms with Crippen LogP contribution in [0.25, 0.3) is 0 Å². The Kier molecular flexibility index (Phi) is 6.59. The summed E-state index contributed by atoms with van der Waals surface area (Å²) < 4.78 is 19.4. The number of aliphatic hydroxyl groups is 1. The van der Waals surface area contributed by atoms with Crippen LogP contribution < -0.4 is 5.09 Å². The molecule has 0 aromatic rings. The number of nitrogens with zero attached hydrogens (tertiary/aromatic N) is 1. The van der Waals surface area contributed by atoms with E-state index in [9.17, 15) is 9.67 Å². The van der Waals surface area contributed by atoms with Gasteiger partial charge in [-0.15, -0.1) is 23.2 Å². The Balaban J connectivity index is 2.73. The molecule has 2 N–H and O–H groups in total. The minimum atomic E-state index is -3.07. The molecule has 2 unspecified atom stereocenters.